The van der Waals surface area contributed by atoms with Gasteiger partial charge < -0.3 is 28.4 Å². The fraction of sp³-hybridized carbons (Fsp3) is 0.667. The number of benzene rings is 5. The van der Waals surface area contributed by atoms with Crippen molar-refractivity contribution in [1.82, 2.24) is 0 Å². The van der Waals surface area contributed by atoms with E-state index in [9.17, 15) is 9.59 Å². The second-order valence-corrected chi connectivity index (χ2v) is 37.8. The van der Waals surface area contributed by atoms with Gasteiger partial charge in [-0.2, -0.15) is 0 Å². The summed E-state index contributed by atoms with van der Waals surface area (Å²) in [6, 6.07) is 33.1. The Balaban J connectivity index is 1.26. The molecule has 0 radical (unpaired) electrons. The van der Waals surface area contributed by atoms with Crippen molar-refractivity contribution in [2.45, 2.75) is 464 Å². The summed E-state index contributed by atoms with van der Waals surface area (Å²) in [6.07, 6.45) is 81.0. The highest BCUT2D eigenvalue weighted by atomic mass is 16.5. The summed E-state index contributed by atoms with van der Waals surface area (Å²) in [6.45, 7) is 12.5. The molecule has 0 heterocycles. The first-order chi connectivity index (χ1) is 63.3. The number of carbonyl (C=O) groups excluding carboxylic acids is 2. The lowest BCUT2D eigenvalue weighted by Gasteiger charge is -2.15. The maximum absolute atomic E-state index is 12.8. The van der Waals surface area contributed by atoms with Crippen molar-refractivity contribution in [2.75, 3.05) is 39.6 Å². The van der Waals surface area contributed by atoms with E-state index in [-0.39, 0.29) is 0 Å². The van der Waals surface area contributed by atoms with E-state index in [1.807, 2.05) is 36.4 Å². The summed E-state index contributed by atoms with van der Waals surface area (Å²) in [4.78, 5) is 25.6. The summed E-state index contributed by atoms with van der Waals surface area (Å²) < 4.78 is 41.9. The van der Waals surface area contributed by atoms with Crippen LogP contribution >= 0.6 is 0 Å². The first-order valence-corrected chi connectivity index (χ1v) is 53.9. The minimum atomic E-state index is 0.335. The maximum atomic E-state index is 12.8. The van der Waals surface area contributed by atoms with E-state index in [1.165, 1.54) is 283 Å². The topological polar surface area (TPSA) is 89.5 Å². The predicted molar refractivity (Wildman–Crippen MR) is 543 cm³/mol. The van der Waals surface area contributed by atoms with E-state index in [1.54, 1.807) is 0 Å². The molecule has 0 unspecified atom stereocenters. The summed E-state index contributed by atoms with van der Waals surface area (Å²) in [5.74, 6) is 34.8. The third-order valence-electron chi connectivity index (χ3n) is 26.4. The lowest BCUT2D eigenvalue weighted by molar-refractivity contribution is -0.123. The number of ether oxygens (including phenoxy) is 6. The molecule has 706 valence electrons. The Morgan fingerprint density at radius 3 is 0.570 bits per heavy atom. The van der Waals surface area contributed by atoms with E-state index in [0.717, 1.165) is 210 Å². The largest absolute Gasteiger partial charge is 0.492 e. The fourth-order valence-electron chi connectivity index (χ4n) is 18.2. The number of Topliss-reactive ketones (excluding diaryl/α,β-unsaturated/α-hetero) is 2. The molecule has 0 N–H and O–H groups in total. The predicted octanol–water partition coefficient (Wildman–Crippen LogP) is 34.6. The van der Waals surface area contributed by atoms with Crippen LogP contribution in [0.25, 0.3) is 0 Å². The molecule has 8 nitrogen and oxygen atoms in total. The number of hydrogen-bond acceptors (Lipinski definition) is 8. The number of carbonyl (C=O) groups is 2. The van der Waals surface area contributed by atoms with Gasteiger partial charge in [0, 0.05) is 72.2 Å². The maximum Gasteiger partial charge on any atom is 0.136 e. The van der Waals surface area contributed by atoms with Gasteiger partial charge in [0.05, 0.1) is 73.0 Å². The molecule has 2 saturated carbocycles. The van der Waals surface area contributed by atoms with Crippen LogP contribution in [-0.4, -0.2) is 51.2 Å². The van der Waals surface area contributed by atoms with Crippen LogP contribution in [0.4, 0.5) is 0 Å². The Bertz CT molecular complexity index is 3670. The summed E-state index contributed by atoms with van der Waals surface area (Å²) in [5.41, 5.74) is 6.43. The lowest BCUT2D eigenvalue weighted by atomic mass is 9.97. The number of unbranched alkanes of at least 4 members (excludes halogenated alkanes) is 52. The number of rotatable bonds is 76. The van der Waals surface area contributed by atoms with Gasteiger partial charge in [0.15, 0.2) is 0 Å². The summed E-state index contributed by atoms with van der Waals surface area (Å²) in [5, 5.41) is 0. The molecule has 5 aromatic rings. The smallest absolute Gasteiger partial charge is 0.136 e. The molecular formula is C120H178O8. The lowest BCUT2D eigenvalue weighted by Crippen LogP contribution is -2.09. The van der Waals surface area contributed by atoms with Crippen molar-refractivity contribution in [3.8, 4) is 81.9 Å². The molecule has 0 aliphatic heterocycles. The van der Waals surface area contributed by atoms with Gasteiger partial charge in [0.2, 0.25) is 0 Å². The third-order valence-corrected chi connectivity index (χ3v) is 26.4. The highest BCUT2D eigenvalue weighted by molar-refractivity contribution is 5.81. The van der Waals surface area contributed by atoms with Crippen molar-refractivity contribution in [1.29, 1.82) is 0 Å². The van der Waals surface area contributed by atoms with Crippen LogP contribution in [0, 0.1) is 59.2 Å². The van der Waals surface area contributed by atoms with Gasteiger partial charge >= 0.3 is 0 Å². The van der Waals surface area contributed by atoms with Gasteiger partial charge in [-0.1, -0.05) is 458 Å². The third kappa shape index (κ3) is 50.2. The molecule has 0 spiro atoms. The molecule has 2 aliphatic rings. The summed E-state index contributed by atoms with van der Waals surface area (Å²) in [7, 11) is 0. The number of hydrogen-bond donors (Lipinski definition) is 0. The zero-order valence-corrected chi connectivity index (χ0v) is 82.0. The van der Waals surface area contributed by atoms with Gasteiger partial charge in [-0.15, -0.1) is 0 Å². The molecule has 2 fully saturated rings. The van der Waals surface area contributed by atoms with Gasteiger partial charge in [-0.25, -0.2) is 0 Å². The van der Waals surface area contributed by atoms with Crippen molar-refractivity contribution < 1.29 is 38.0 Å². The molecule has 0 aromatic heterocycles. The molecule has 7 rings (SSSR count). The van der Waals surface area contributed by atoms with Crippen molar-refractivity contribution in [3.05, 3.63) is 142 Å². The van der Waals surface area contributed by atoms with Gasteiger partial charge in [0.25, 0.3) is 0 Å². The standard InChI is InChI=1S/C120H178O8/c1-5-9-13-17-21-25-33-41-49-67-91-123-115-99-109(117(97-107(115)85-83-103-73-57-55-58-74-103)125-93-69-51-43-35-27-23-19-15-11-7-3)87-89-111-101-120(128-96-72-54-46-38-30-32-40-48-62-82-114(122)106-79-65-66-80-106)112(102-119(111)127-95-71-53-45-37-29-31-39-47-61-81-113(121)105-77-63-64-78-105)90-88-110-100-116(124-92-68-50-42-34-26-22-18-14-10-6-2)108(86-84-104-75-59-56-60-76-104)98-118(110)126-94-70-52-44-36-28-24-20-16-12-8-4/h55-60,73-76,97-102,105-106H,5-54,61-72,77-82,91-96H2,1-4H3. The van der Waals surface area contributed by atoms with Crippen LogP contribution in [0.1, 0.15) is 509 Å². The first kappa shape index (κ1) is 108. The minimum Gasteiger partial charge on any atom is -0.492 e. The molecule has 0 saturated heterocycles. The average molecular weight is 1750 g/mol. The Morgan fingerprint density at radius 1 is 0.219 bits per heavy atom. The second-order valence-electron chi connectivity index (χ2n) is 37.8. The fourth-order valence-corrected chi connectivity index (χ4v) is 18.2. The van der Waals surface area contributed by atoms with E-state index >= 15 is 0 Å². The minimum absolute atomic E-state index is 0.335. The molecule has 128 heavy (non-hydrogen) atoms. The van der Waals surface area contributed by atoms with Crippen LogP contribution < -0.4 is 28.4 Å². The van der Waals surface area contributed by atoms with Crippen LogP contribution in [0.2, 0.25) is 0 Å². The Labute approximate surface area is 783 Å². The van der Waals surface area contributed by atoms with Crippen LogP contribution in [0.3, 0.4) is 0 Å². The highest BCUT2D eigenvalue weighted by Gasteiger charge is 2.24. The van der Waals surface area contributed by atoms with Crippen molar-refractivity contribution in [3.63, 3.8) is 0 Å². The van der Waals surface area contributed by atoms with Crippen LogP contribution in [0.5, 0.6) is 34.5 Å². The summed E-state index contributed by atoms with van der Waals surface area (Å²) >= 11 is 0. The van der Waals surface area contributed by atoms with Crippen molar-refractivity contribution in [2.24, 2.45) is 11.8 Å². The van der Waals surface area contributed by atoms with E-state index in [2.05, 4.69) is 136 Å². The quantitative estimate of drug-likeness (QED) is 0.0281. The zero-order chi connectivity index (χ0) is 89.9. The van der Waals surface area contributed by atoms with Crippen LogP contribution in [-0.2, 0) is 9.59 Å². The molecule has 0 bridgehead atoms. The first-order valence-electron chi connectivity index (χ1n) is 53.9. The molecule has 0 atom stereocenters. The van der Waals surface area contributed by atoms with Gasteiger partial charge in [-0.3, -0.25) is 9.59 Å². The normalized spacial score (nSPS) is 12.5. The second kappa shape index (κ2) is 74.1. The molecule has 8 heteroatoms. The van der Waals surface area contributed by atoms with E-state index < -0.39 is 0 Å². The van der Waals surface area contributed by atoms with E-state index in [0.29, 0.717) is 86.0 Å². The molecular weight excluding hydrogens is 1570 g/mol. The Morgan fingerprint density at radius 2 is 0.383 bits per heavy atom. The molecule has 2 aliphatic carbocycles. The Kier molecular flexibility index (Phi) is 62.2. The van der Waals surface area contributed by atoms with Gasteiger partial charge in [-0.05, 0) is 101 Å². The average Bonchev–Trinajstić information content (AvgIpc) is 0.855. The van der Waals surface area contributed by atoms with Gasteiger partial charge in [0.1, 0.15) is 46.1 Å². The van der Waals surface area contributed by atoms with E-state index in [4.69, 9.17) is 28.4 Å². The highest BCUT2D eigenvalue weighted by Crippen LogP contribution is 2.36. The molecule has 5 aromatic carbocycles. The molecule has 0 amide bonds. The SMILES string of the molecule is CCCCCCCCCCCCOc1cc(C#Cc2cc(OCCCCCCCCCCCC(=O)C3CCCC3)c(C#Cc3cc(OCCCCCCCCCCCC)c(C#Cc4ccccc4)cc3OCCCCCCCCCCCC)cc2OCCCCCCCCCCCC(=O)C2CCCC2)c(OCCCCCCCCCCCC)cc1C#Cc1ccccc1. The monoisotopic (exact) mass is 1750 g/mol. The number of ketones is 2. The Hall–Kier alpha value is -7.52. The zero-order valence-electron chi connectivity index (χ0n) is 82.0. The van der Waals surface area contributed by atoms with Crippen molar-refractivity contribution >= 4 is 11.6 Å². The van der Waals surface area contributed by atoms with Crippen LogP contribution in [0.15, 0.2) is 97.1 Å².